The summed E-state index contributed by atoms with van der Waals surface area (Å²) in [6.45, 7) is 0. The van der Waals surface area contributed by atoms with Crippen LogP contribution in [0.1, 0.15) is 5.56 Å². The molecule has 2 aromatic rings. The van der Waals surface area contributed by atoms with Gasteiger partial charge >= 0.3 is 0 Å². The van der Waals surface area contributed by atoms with Gasteiger partial charge < -0.3 is 10.3 Å². The van der Waals surface area contributed by atoms with Crippen molar-refractivity contribution in [3.63, 3.8) is 0 Å². The third kappa shape index (κ3) is 1.97. The van der Waals surface area contributed by atoms with Gasteiger partial charge in [0.1, 0.15) is 4.99 Å². The zero-order chi connectivity index (χ0) is 9.80. The Hall–Kier alpha value is -1.68. The van der Waals surface area contributed by atoms with Crippen LogP contribution in [0.2, 0.25) is 0 Å². The summed E-state index contributed by atoms with van der Waals surface area (Å²) in [5.74, 6) is 0.666. The molecule has 0 spiro atoms. The molecule has 1 aromatic carbocycles. The van der Waals surface area contributed by atoms with Gasteiger partial charge in [-0.05, 0) is 0 Å². The van der Waals surface area contributed by atoms with Gasteiger partial charge in [0.2, 0.25) is 5.95 Å². The van der Waals surface area contributed by atoms with Crippen LogP contribution in [0.4, 0.5) is 5.95 Å². The molecule has 0 unspecified atom stereocenters. The van der Waals surface area contributed by atoms with Gasteiger partial charge in [0.25, 0.3) is 0 Å². The molecule has 0 aliphatic rings. The number of anilines is 1. The van der Waals surface area contributed by atoms with E-state index in [1.165, 1.54) is 0 Å². The largest absolute Gasteiger partial charge is 0.331 e. The summed E-state index contributed by atoms with van der Waals surface area (Å²) < 4.78 is 0. The number of hydrogen-bond acceptors (Lipinski definition) is 2. The van der Waals surface area contributed by atoms with Crippen LogP contribution in [0.3, 0.4) is 0 Å². The van der Waals surface area contributed by atoms with Gasteiger partial charge in [-0.2, -0.15) is 0 Å². The van der Waals surface area contributed by atoms with Gasteiger partial charge in [0.15, 0.2) is 0 Å². The van der Waals surface area contributed by atoms with Crippen LogP contribution >= 0.6 is 12.2 Å². The first-order valence-corrected chi connectivity index (χ1v) is 4.63. The van der Waals surface area contributed by atoms with E-state index in [2.05, 4.69) is 15.3 Å². The zero-order valence-corrected chi connectivity index (χ0v) is 8.21. The second-order valence-electron chi connectivity index (χ2n) is 2.76. The molecule has 0 radical (unpaired) electrons. The number of rotatable bonds is 2. The first kappa shape index (κ1) is 8.90. The highest BCUT2D eigenvalue weighted by Gasteiger charge is 2.00. The fraction of sp³-hybridized carbons (Fsp3) is 0. The van der Waals surface area contributed by atoms with E-state index in [9.17, 15) is 0 Å². The summed E-state index contributed by atoms with van der Waals surface area (Å²) in [6, 6.07) is 9.77. The molecule has 14 heavy (non-hydrogen) atoms. The van der Waals surface area contributed by atoms with Crippen molar-refractivity contribution < 1.29 is 0 Å². The summed E-state index contributed by atoms with van der Waals surface area (Å²) >= 11 is 5.20. The second-order valence-corrected chi connectivity index (χ2v) is 3.17. The minimum atomic E-state index is 0.666. The minimum absolute atomic E-state index is 0.666. The average Bonchev–Trinajstić information content (AvgIpc) is 2.72. The van der Waals surface area contributed by atoms with Crippen LogP contribution in [-0.4, -0.2) is 15.0 Å². The van der Waals surface area contributed by atoms with Gasteiger partial charge in [-0.1, -0.05) is 42.5 Å². The lowest BCUT2D eigenvalue weighted by molar-refractivity contribution is 1.31. The smallest absolute Gasteiger partial charge is 0.205 e. The van der Waals surface area contributed by atoms with E-state index in [-0.39, 0.29) is 0 Å². The molecule has 2 N–H and O–H groups in total. The highest BCUT2D eigenvalue weighted by molar-refractivity contribution is 7.81. The lowest BCUT2D eigenvalue weighted by Crippen LogP contribution is -2.11. The van der Waals surface area contributed by atoms with E-state index in [1.54, 1.807) is 12.4 Å². The first-order chi connectivity index (χ1) is 6.86. The lowest BCUT2D eigenvalue weighted by atomic mass is 10.2. The standard InChI is InChI=1S/C10H9N3S/c14-9(8-4-2-1-3-5-8)13-10-11-6-7-12-10/h1-7H,(H2,11,12,13,14). The second kappa shape index (κ2) is 4.02. The summed E-state index contributed by atoms with van der Waals surface area (Å²) in [7, 11) is 0. The molecule has 0 aliphatic carbocycles. The molecule has 1 heterocycles. The molecule has 70 valence electrons. The molecule has 0 atom stereocenters. The molecule has 0 bridgehead atoms. The van der Waals surface area contributed by atoms with Crippen LogP contribution in [0.25, 0.3) is 0 Å². The van der Waals surface area contributed by atoms with Gasteiger partial charge in [-0.3, -0.25) is 0 Å². The van der Waals surface area contributed by atoms with Crippen molar-refractivity contribution in [3.8, 4) is 0 Å². The van der Waals surface area contributed by atoms with Crippen LogP contribution < -0.4 is 5.32 Å². The SMILES string of the molecule is S=C(Nc1ncc[nH]1)c1ccccc1. The number of benzene rings is 1. The number of nitrogens with zero attached hydrogens (tertiary/aromatic N) is 1. The van der Waals surface area contributed by atoms with Crippen LogP contribution in [0, 0.1) is 0 Å². The third-order valence-electron chi connectivity index (χ3n) is 1.77. The maximum absolute atomic E-state index is 5.20. The number of aromatic nitrogens is 2. The van der Waals surface area contributed by atoms with Crippen LogP contribution in [0.5, 0.6) is 0 Å². The van der Waals surface area contributed by atoms with Gasteiger partial charge in [0, 0.05) is 18.0 Å². The van der Waals surface area contributed by atoms with E-state index in [0.717, 1.165) is 5.56 Å². The summed E-state index contributed by atoms with van der Waals surface area (Å²) in [5, 5.41) is 3.00. The van der Waals surface area contributed by atoms with Crippen LogP contribution in [-0.2, 0) is 0 Å². The fourth-order valence-corrected chi connectivity index (χ4v) is 1.34. The maximum atomic E-state index is 5.20. The van der Waals surface area contributed by atoms with E-state index in [0.29, 0.717) is 10.9 Å². The molecule has 0 fully saturated rings. The molecule has 0 saturated carbocycles. The van der Waals surface area contributed by atoms with Crippen molar-refractivity contribution in [2.45, 2.75) is 0 Å². The monoisotopic (exact) mass is 203 g/mol. The zero-order valence-electron chi connectivity index (χ0n) is 7.40. The summed E-state index contributed by atoms with van der Waals surface area (Å²) in [5.41, 5.74) is 0.985. The van der Waals surface area contributed by atoms with E-state index in [4.69, 9.17) is 12.2 Å². The maximum Gasteiger partial charge on any atom is 0.205 e. The number of imidazole rings is 1. The Balaban J connectivity index is 2.11. The van der Waals surface area contributed by atoms with Crippen LogP contribution in [0.15, 0.2) is 42.7 Å². The van der Waals surface area contributed by atoms with Gasteiger partial charge in [0.05, 0.1) is 0 Å². The highest BCUT2D eigenvalue weighted by Crippen LogP contribution is 2.04. The Morgan fingerprint density at radius 3 is 2.71 bits per heavy atom. The van der Waals surface area contributed by atoms with E-state index in [1.807, 2.05) is 30.3 Å². The van der Waals surface area contributed by atoms with Crippen molar-refractivity contribution in [1.29, 1.82) is 0 Å². The molecule has 1 aromatic heterocycles. The van der Waals surface area contributed by atoms with E-state index < -0.39 is 0 Å². The highest BCUT2D eigenvalue weighted by atomic mass is 32.1. The minimum Gasteiger partial charge on any atom is -0.331 e. The number of nitrogens with one attached hydrogen (secondary N) is 2. The Bertz CT molecular complexity index is 408. The normalized spacial score (nSPS) is 9.71. The molecule has 0 amide bonds. The van der Waals surface area contributed by atoms with Crippen molar-refractivity contribution in [1.82, 2.24) is 9.97 Å². The molecule has 3 nitrogen and oxygen atoms in total. The number of aromatic amines is 1. The fourth-order valence-electron chi connectivity index (χ4n) is 1.10. The molecule has 4 heteroatoms. The molecule has 2 rings (SSSR count). The number of H-pyrrole nitrogens is 1. The number of thiocarbonyl (C=S) groups is 1. The van der Waals surface area contributed by atoms with Crippen molar-refractivity contribution >= 4 is 23.2 Å². The average molecular weight is 203 g/mol. The van der Waals surface area contributed by atoms with Gasteiger partial charge in [-0.15, -0.1) is 0 Å². The Morgan fingerprint density at radius 2 is 2.07 bits per heavy atom. The van der Waals surface area contributed by atoms with Crippen molar-refractivity contribution in [2.24, 2.45) is 0 Å². The van der Waals surface area contributed by atoms with E-state index >= 15 is 0 Å². The predicted molar refractivity (Wildman–Crippen MR) is 60.4 cm³/mol. The third-order valence-corrected chi connectivity index (χ3v) is 2.10. The summed E-state index contributed by atoms with van der Waals surface area (Å²) in [6.07, 6.45) is 3.42. The van der Waals surface area contributed by atoms with Crippen molar-refractivity contribution in [3.05, 3.63) is 48.3 Å². The Labute approximate surface area is 87.2 Å². The predicted octanol–water partition coefficient (Wildman–Crippen LogP) is 2.20. The summed E-state index contributed by atoms with van der Waals surface area (Å²) in [4.78, 5) is 7.62. The molecule has 0 aliphatic heterocycles. The topological polar surface area (TPSA) is 40.7 Å². The molecular formula is C10H9N3S. The molecular weight excluding hydrogens is 194 g/mol. The quantitative estimate of drug-likeness (QED) is 0.735. The number of hydrogen-bond donors (Lipinski definition) is 2. The van der Waals surface area contributed by atoms with Crippen molar-refractivity contribution in [2.75, 3.05) is 5.32 Å². The van der Waals surface area contributed by atoms with Gasteiger partial charge in [-0.25, -0.2) is 4.98 Å². The lowest BCUT2D eigenvalue weighted by Gasteiger charge is -2.03. The first-order valence-electron chi connectivity index (χ1n) is 4.22. The molecule has 0 saturated heterocycles. The Kier molecular flexibility index (Phi) is 2.55. The Morgan fingerprint density at radius 1 is 1.29 bits per heavy atom.